The van der Waals surface area contributed by atoms with Crippen LogP contribution in [0.2, 0.25) is 0 Å². The van der Waals surface area contributed by atoms with E-state index in [1.165, 1.54) is 0 Å². The number of benzene rings is 1. The highest BCUT2D eigenvalue weighted by Crippen LogP contribution is 2.14. The summed E-state index contributed by atoms with van der Waals surface area (Å²) in [6.45, 7) is 7.18. The Labute approximate surface area is 127 Å². The Morgan fingerprint density at radius 2 is 1.90 bits per heavy atom. The Bertz CT molecular complexity index is 504. The minimum absolute atomic E-state index is 0.188. The Morgan fingerprint density at radius 3 is 2.48 bits per heavy atom. The van der Waals surface area contributed by atoms with Crippen LogP contribution >= 0.6 is 0 Å². The fraction of sp³-hybridized carbons (Fsp3) is 0.500. The zero-order valence-corrected chi connectivity index (χ0v) is 13.4. The van der Waals surface area contributed by atoms with Crippen LogP contribution in [0.3, 0.4) is 0 Å². The zero-order chi connectivity index (χ0) is 15.7. The Morgan fingerprint density at radius 1 is 1.24 bits per heavy atom. The first-order chi connectivity index (χ1) is 9.98. The first-order valence-electron chi connectivity index (χ1n) is 7.28. The molecule has 0 fully saturated rings. The van der Waals surface area contributed by atoms with Gasteiger partial charge in [0.05, 0.1) is 18.8 Å². The molecule has 0 unspecified atom stereocenters. The zero-order valence-electron chi connectivity index (χ0n) is 13.4. The maximum absolute atomic E-state index is 11.8. The van der Waals surface area contributed by atoms with Gasteiger partial charge in [0, 0.05) is 18.1 Å². The Balaban J connectivity index is 2.66. The molecule has 3 nitrogen and oxygen atoms in total. The van der Waals surface area contributed by atoms with Gasteiger partial charge in [-0.05, 0) is 44.5 Å². The van der Waals surface area contributed by atoms with Crippen LogP contribution in [-0.4, -0.2) is 26.3 Å². The molecular formula is C18H24O3. The van der Waals surface area contributed by atoms with E-state index in [1.54, 1.807) is 19.2 Å². The van der Waals surface area contributed by atoms with Crippen molar-refractivity contribution in [1.29, 1.82) is 0 Å². The molecule has 0 saturated heterocycles. The lowest BCUT2D eigenvalue weighted by Crippen LogP contribution is -2.15. The first-order valence-corrected chi connectivity index (χ1v) is 7.28. The molecule has 0 heterocycles. The van der Waals surface area contributed by atoms with Gasteiger partial charge in [0.25, 0.3) is 0 Å². The smallest absolute Gasteiger partial charge is 0.338 e. The van der Waals surface area contributed by atoms with Crippen LogP contribution in [0.4, 0.5) is 0 Å². The van der Waals surface area contributed by atoms with Crippen molar-refractivity contribution in [2.24, 2.45) is 5.41 Å². The number of hydrogen-bond acceptors (Lipinski definition) is 3. The molecule has 0 saturated carbocycles. The lowest BCUT2D eigenvalue weighted by atomic mass is 9.95. The molecule has 0 bridgehead atoms. The Hall–Kier alpha value is -1.79. The summed E-state index contributed by atoms with van der Waals surface area (Å²) in [6.07, 6.45) is 1.91. The van der Waals surface area contributed by atoms with Crippen LogP contribution < -0.4 is 0 Å². The van der Waals surface area contributed by atoms with E-state index in [9.17, 15) is 4.79 Å². The fourth-order valence-corrected chi connectivity index (χ4v) is 1.72. The van der Waals surface area contributed by atoms with Crippen molar-refractivity contribution in [1.82, 2.24) is 0 Å². The first kappa shape index (κ1) is 17.3. The van der Waals surface area contributed by atoms with E-state index in [1.807, 2.05) is 26.0 Å². The van der Waals surface area contributed by atoms with E-state index in [0.717, 1.165) is 18.4 Å². The predicted octanol–water partition coefficient (Wildman–Crippen LogP) is 3.67. The average molecular weight is 288 g/mol. The van der Waals surface area contributed by atoms with Crippen molar-refractivity contribution in [2.75, 3.05) is 20.3 Å². The number of ether oxygens (including phenoxy) is 2. The van der Waals surface area contributed by atoms with Gasteiger partial charge in [-0.15, -0.1) is 0 Å². The molecule has 0 aliphatic carbocycles. The van der Waals surface area contributed by atoms with Crippen molar-refractivity contribution in [3.63, 3.8) is 0 Å². The standard InChI is InChI=1S/C18H24O3/c1-5-6-13-21-17(19)16-9-7-15(8-10-16)11-12-18(2,3)14-20-4/h7-10H,5-6,13-14H2,1-4H3. The highest BCUT2D eigenvalue weighted by Gasteiger charge is 2.13. The average Bonchev–Trinajstić information content (AvgIpc) is 2.46. The summed E-state index contributed by atoms with van der Waals surface area (Å²) >= 11 is 0. The second kappa shape index (κ2) is 8.49. The fourth-order valence-electron chi connectivity index (χ4n) is 1.72. The predicted molar refractivity (Wildman–Crippen MR) is 84.2 cm³/mol. The maximum Gasteiger partial charge on any atom is 0.338 e. The molecule has 0 spiro atoms. The third-order valence-corrected chi connectivity index (χ3v) is 2.90. The SMILES string of the molecule is CCCCOC(=O)c1ccc(C#CC(C)(C)COC)cc1. The molecule has 1 aromatic carbocycles. The van der Waals surface area contributed by atoms with Gasteiger partial charge in [0.2, 0.25) is 0 Å². The van der Waals surface area contributed by atoms with E-state index in [4.69, 9.17) is 9.47 Å². The van der Waals surface area contributed by atoms with Gasteiger partial charge in [-0.2, -0.15) is 0 Å². The molecule has 0 N–H and O–H groups in total. The number of carbonyl (C=O) groups excluding carboxylic acids is 1. The van der Waals surface area contributed by atoms with Gasteiger partial charge in [0.1, 0.15) is 0 Å². The van der Waals surface area contributed by atoms with E-state index in [0.29, 0.717) is 18.8 Å². The van der Waals surface area contributed by atoms with Crippen LogP contribution in [0.25, 0.3) is 0 Å². The van der Waals surface area contributed by atoms with Gasteiger partial charge in [-0.3, -0.25) is 0 Å². The van der Waals surface area contributed by atoms with Crippen molar-refractivity contribution in [2.45, 2.75) is 33.6 Å². The van der Waals surface area contributed by atoms with Crippen molar-refractivity contribution < 1.29 is 14.3 Å². The maximum atomic E-state index is 11.8. The van der Waals surface area contributed by atoms with Gasteiger partial charge >= 0.3 is 5.97 Å². The topological polar surface area (TPSA) is 35.5 Å². The summed E-state index contributed by atoms with van der Waals surface area (Å²) in [5.41, 5.74) is 1.25. The lowest BCUT2D eigenvalue weighted by Gasteiger charge is -2.15. The normalized spacial score (nSPS) is 10.7. The van der Waals surface area contributed by atoms with E-state index in [-0.39, 0.29) is 11.4 Å². The van der Waals surface area contributed by atoms with Crippen LogP contribution in [0.5, 0.6) is 0 Å². The summed E-state index contributed by atoms with van der Waals surface area (Å²) in [6, 6.07) is 7.18. The Kier molecular flexibility index (Phi) is 6.98. The molecule has 0 aliphatic rings. The van der Waals surface area contributed by atoms with E-state index < -0.39 is 0 Å². The molecule has 114 valence electrons. The molecule has 1 aromatic rings. The van der Waals surface area contributed by atoms with Crippen LogP contribution in [-0.2, 0) is 9.47 Å². The number of hydrogen-bond donors (Lipinski definition) is 0. The highest BCUT2D eigenvalue weighted by atomic mass is 16.5. The van der Waals surface area contributed by atoms with Crippen LogP contribution in [0, 0.1) is 17.3 Å². The van der Waals surface area contributed by atoms with Gasteiger partial charge in [0.15, 0.2) is 0 Å². The third kappa shape index (κ3) is 6.46. The van der Waals surface area contributed by atoms with Gasteiger partial charge < -0.3 is 9.47 Å². The largest absolute Gasteiger partial charge is 0.462 e. The summed E-state index contributed by atoms with van der Waals surface area (Å²) in [5.74, 6) is 6.01. The minimum atomic E-state index is -0.275. The number of unbranched alkanes of at least 4 members (excludes halogenated alkanes) is 1. The second-order valence-electron chi connectivity index (χ2n) is 5.63. The molecule has 0 amide bonds. The quantitative estimate of drug-likeness (QED) is 0.455. The molecule has 0 aromatic heterocycles. The molecule has 21 heavy (non-hydrogen) atoms. The highest BCUT2D eigenvalue weighted by molar-refractivity contribution is 5.89. The van der Waals surface area contributed by atoms with Crippen molar-refractivity contribution in [3.05, 3.63) is 35.4 Å². The third-order valence-electron chi connectivity index (χ3n) is 2.90. The van der Waals surface area contributed by atoms with Crippen molar-refractivity contribution >= 4 is 5.97 Å². The van der Waals surface area contributed by atoms with Crippen LogP contribution in [0.1, 0.15) is 49.5 Å². The summed E-state index contributed by atoms with van der Waals surface area (Å²) < 4.78 is 10.3. The van der Waals surface area contributed by atoms with E-state index >= 15 is 0 Å². The summed E-state index contributed by atoms with van der Waals surface area (Å²) in [7, 11) is 1.67. The monoisotopic (exact) mass is 288 g/mol. The molecule has 3 heteroatoms. The molecular weight excluding hydrogens is 264 g/mol. The lowest BCUT2D eigenvalue weighted by molar-refractivity contribution is 0.0500. The second-order valence-corrected chi connectivity index (χ2v) is 5.63. The molecule has 0 atom stereocenters. The summed E-state index contributed by atoms with van der Waals surface area (Å²) in [5, 5.41) is 0. The summed E-state index contributed by atoms with van der Waals surface area (Å²) in [4.78, 5) is 11.8. The van der Waals surface area contributed by atoms with Gasteiger partial charge in [-0.25, -0.2) is 4.79 Å². The molecule has 0 aliphatic heterocycles. The number of esters is 1. The van der Waals surface area contributed by atoms with Gasteiger partial charge in [-0.1, -0.05) is 25.2 Å². The number of carbonyl (C=O) groups is 1. The minimum Gasteiger partial charge on any atom is -0.462 e. The molecule has 1 rings (SSSR count). The van der Waals surface area contributed by atoms with Crippen LogP contribution in [0.15, 0.2) is 24.3 Å². The van der Waals surface area contributed by atoms with Crippen molar-refractivity contribution in [3.8, 4) is 11.8 Å². The number of methoxy groups -OCH3 is 1. The van der Waals surface area contributed by atoms with E-state index in [2.05, 4.69) is 18.8 Å². The number of rotatable bonds is 6. The molecule has 0 radical (unpaired) electrons.